The Kier molecular flexibility index (Phi) is 4.49. The molecule has 25 heavy (non-hydrogen) atoms. The Morgan fingerprint density at radius 3 is 2.44 bits per heavy atom. The lowest BCUT2D eigenvalue weighted by Gasteiger charge is -2.25. The van der Waals surface area contributed by atoms with Gasteiger partial charge in [0.15, 0.2) is 5.11 Å². The Morgan fingerprint density at radius 2 is 1.80 bits per heavy atom. The monoisotopic (exact) mass is 373 g/mol. The number of aryl methyl sites for hydroxylation is 1. The number of likely N-dealkylation sites (N-methyl/N-ethyl adjacent to an activating group) is 1. The van der Waals surface area contributed by atoms with E-state index in [1.54, 1.807) is 6.08 Å². The number of nitrogens with zero attached hydrogens (tertiary/aromatic N) is 2. The second-order valence-electron chi connectivity index (χ2n) is 5.82. The van der Waals surface area contributed by atoms with E-state index < -0.39 is 11.8 Å². The van der Waals surface area contributed by atoms with Crippen molar-refractivity contribution < 1.29 is 9.59 Å². The van der Waals surface area contributed by atoms with Crippen LogP contribution in [0.3, 0.4) is 0 Å². The summed E-state index contributed by atoms with van der Waals surface area (Å²) in [6.45, 7) is 3.90. The highest BCUT2D eigenvalue weighted by Gasteiger charge is 2.31. The highest BCUT2D eigenvalue weighted by molar-refractivity contribution is 7.80. The van der Waals surface area contributed by atoms with Crippen LogP contribution in [0.5, 0.6) is 0 Å². The van der Waals surface area contributed by atoms with Gasteiger partial charge in [-0.25, -0.2) is 0 Å². The van der Waals surface area contributed by atoms with Gasteiger partial charge in [0.1, 0.15) is 5.57 Å². The molecule has 5 nitrogen and oxygen atoms in total. The van der Waals surface area contributed by atoms with E-state index in [2.05, 4.69) is 5.32 Å². The zero-order valence-corrected chi connectivity index (χ0v) is 15.5. The average molecular weight is 374 g/mol. The number of carbonyl (C=O) groups excluding carboxylic acids is 2. The number of thiocarbonyl (C=S) groups is 1. The third-order valence-corrected chi connectivity index (χ3v) is 4.79. The van der Waals surface area contributed by atoms with E-state index >= 15 is 0 Å². The Labute approximate surface area is 155 Å². The molecule has 1 fully saturated rings. The molecule has 0 bridgehead atoms. The molecule has 1 N–H and O–H groups in total. The second kappa shape index (κ2) is 6.46. The molecule has 2 aromatic rings. The predicted octanol–water partition coefficient (Wildman–Crippen LogP) is 3.00. The second-order valence-corrected chi connectivity index (χ2v) is 6.64. The number of amides is 2. The van der Waals surface area contributed by atoms with Crippen LogP contribution in [-0.4, -0.2) is 33.4 Å². The molecule has 1 aromatic carbocycles. The number of benzene rings is 1. The predicted molar refractivity (Wildman–Crippen MR) is 102 cm³/mol. The molecule has 3 rings (SSSR count). The number of carbonyl (C=O) groups is 2. The minimum Gasteiger partial charge on any atom is -0.318 e. The topological polar surface area (TPSA) is 54.3 Å². The lowest BCUT2D eigenvalue weighted by atomic mass is 10.1. The summed E-state index contributed by atoms with van der Waals surface area (Å²) in [5.74, 6) is -0.894. The van der Waals surface area contributed by atoms with Crippen molar-refractivity contribution in [3.63, 3.8) is 0 Å². The van der Waals surface area contributed by atoms with Gasteiger partial charge in [-0.1, -0.05) is 11.6 Å². The van der Waals surface area contributed by atoms with E-state index in [4.69, 9.17) is 23.8 Å². The number of aromatic nitrogens is 1. The van der Waals surface area contributed by atoms with Gasteiger partial charge >= 0.3 is 0 Å². The van der Waals surface area contributed by atoms with Gasteiger partial charge in [-0.15, -0.1) is 0 Å². The molecule has 0 atom stereocenters. The first kappa shape index (κ1) is 17.4. The molecule has 7 heteroatoms. The Bertz CT molecular complexity index is 929. The smallest absolute Gasteiger partial charge is 0.265 e. The van der Waals surface area contributed by atoms with Gasteiger partial charge in [0.05, 0.1) is 0 Å². The summed E-state index contributed by atoms with van der Waals surface area (Å²) < 4.78 is 2.04. The Hall–Kier alpha value is -2.44. The first-order valence-corrected chi connectivity index (χ1v) is 8.38. The molecule has 0 spiro atoms. The molecule has 1 saturated heterocycles. The molecule has 1 aliphatic rings. The minimum atomic E-state index is -0.482. The van der Waals surface area contributed by atoms with Gasteiger partial charge in [-0.3, -0.25) is 19.8 Å². The van der Waals surface area contributed by atoms with E-state index in [-0.39, 0.29) is 10.7 Å². The van der Waals surface area contributed by atoms with Crippen LogP contribution in [0.15, 0.2) is 35.9 Å². The maximum Gasteiger partial charge on any atom is 0.265 e. The van der Waals surface area contributed by atoms with Gasteiger partial charge < -0.3 is 4.57 Å². The highest BCUT2D eigenvalue weighted by atomic mass is 35.5. The molecule has 128 valence electrons. The van der Waals surface area contributed by atoms with Crippen molar-refractivity contribution in [1.82, 2.24) is 14.8 Å². The van der Waals surface area contributed by atoms with E-state index in [0.29, 0.717) is 5.02 Å². The summed E-state index contributed by atoms with van der Waals surface area (Å²) in [5, 5.41) is 3.29. The van der Waals surface area contributed by atoms with Gasteiger partial charge in [0.25, 0.3) is 11.8 Å². The zero-order chi connectivity index (χ0) is 18.3. The van der Waals surface area contributed by atoms with Crippen LogP contribution in [-0.2, 0) is 9.59 Å². The summed E-state index contributed by atoms with van der Waals surface area (Å²) >= 11 is 10.9. The lowest BCUT2D eigenvalue weighted by Crippen LogP contribution is -2.52. The maximum atomic E-state index is 12.3. The van der Waals surface area contributed by atoms with Crippen molar-refractivity contribution in [1.29, 1.82) is 0 Å². The third-order valence-electron chi connectivity index (χ3n) is 4.16. The number of hydrogen-bond donors (Lipinski definition) is 1. The fourth-order valence-electron chi connectivity index (χ4n) is 2.82. The summed E-state index contributed by atoms with van der Waals surface area (Å²) in [4.78, 5) is 25.7. The fourth-order valence-corrected chi connectivity index (χ4v) is 3.12. The number of nitrogens with one attached hydrogen (secondary N) is 1. The summed E-state index contributed by atoms with van der Waals surface area (Å²) in [6, 6.07) is 9.42. The molecule has 1 aliphatic heterocycles. The molecule has 0 radical (unpaired) electrons. The molecule has 0 saturated carbocycles. The first-order valence-electron chi connectivity index (χ1n) is 7.59. The largest absolute Gasteiger partial charge is 0.318 e. The molecule has 0 aliphatic carbocycles. The van der Waals surface area contributed by atoms with E-state index in [1.807, 2.05) is 48.7 Å². The maximum absolute atomic E-state index is 12.3. The van der Waals surface area contributed by atoms with Gasteiger partial charge in [-0.05, 0) is 68.0 Å². The van der Waals surface area contributed by atoms with Crippen LogP contribution >= 0.6 is 23.8 Å². The number of hydrogen-bond acceptors (Lipinski definition) is 3. The zero-order valence-electron chi connectivity index (χ0n) is 14.0. The first-order chi connectivity index (χ1) is 11.8. The summed E-state index contributed by atoms with van der Waals surface area (Å²) in [6.07, 6.45) is 1.60. The van der Waals surface area contributed by atoms with Crippen LogP contribution in [0, 0.1) is 13.8 Å². The van der Waals surface area contributed by atoms with Crippen LogP contribution in [0.1, 0.15) is 17.0 Å². The van der Waals surface area contributed by atoms with Crippen molar-refractivity contribution in [3.8, 4) is 5.69 Å². The average Bonchev–Trinajstić information content (AvgIpc) is 2.84. The quantitative estimate of drug-likeness (QED) is 0.500. The van der Waals surface area contributed by atoms with Gasteiger partial charge in [0.2, 0.25) is 0 Å². The normalized spacial score (nSPS) is 16.6. The van der Waals surface area contributed by atoms with Crippen LogP contribution in [0.25, 0.3) is 11.8 Å². The van der Waals surface area contributed by atoms with Crippen LogP contribution in [0.2, 0.25) is 5.02 Å². The molecule has 2 heterocycles. The van der Waals surface area contributed by atoms with Crippen molar-refractivity contribution in [3.05, 3.63) is 57.9 Å². The van der Waals surface area contributed by atoms with Gasteiger partial charge in [-0.2, -0.15) is 0 Å². The molecule has 2 amide bonds. The fraction of sp³-hybridized carbons (Fsp3) is 0.167. The molecular formula is C18H16ClN3O2S. The molecular weight excluding hydrogens is 358 g/mol. The van der Waals surface area contributed by atoms with E-state index in [1.165, 1.54) is 11.9 Å². The van der Waals surface area contributed by atoms with Crippen LogP contribution < -0.4 is 5.32 Å². The van der Waals surface area contributed by atoms with E-state index in [0.717, 1.165) is 22.6 Å². The van der Waals surface area contributed by atoms with Gasteiger partial charge in [0, 0.05) is 29.1 Å². The lowest BCUT2D eigenvalue weighted by molar-refractivity contribution is -0.128. The standard InChI is InChI=1S/C18H16ClN3O2S/c1-10-8-12(9-15-16(23)20-18(25)21(3)17(15)24)11(2)22(10)14-6-4-13(19)5-7-14/h4-9H,1-3H3,(H,20,23,25)/b15-9-. The SMILES string of the molecule is Cc1cc(/C=C2/C(=O)NC(=S)N(C)C2=O)c(C)n1-c1ccc(Cl)cc1. The van der Waals surface area contributed by atoms with E-state index in [9.17, 15) is 9.59 Å². The van der Waals surface area contributed by atoms with Crippen molar-refractivity contribution in [2.75, 3.05) is 7.05 Å². The van der Waals surface area contributed by atoms with Crippen LogP contribution in [0.4, 0.5) is 0 Å². The Morgan fingerprint density at radius 1 is 1.16 bits per heavy atom. The Balaban J connectivity index is 2.06. The van der Waals surface area contributed by atoms with Crippen molar-refractivity contribution in [2.24, 2.45) is 0 Å². The minimum absolute atomic E-state index is 0.0625. The number of halogens is 1. The van der Waals surface area contributed by atoms with Crippen molar-refractivity contribution in [2.45, 2.75) is 13.8 Å². The van der Waals surface area contributed by atoms with Crippen molar-refractivity contribution >= 4 is 46.8 Å². The molecule has 1 aromatic heterocycles. The number of rotatable bonds is 2. The molecule has 0 unspecified atom stereocenters. The summed E-state index contributed by atoms with van der Waals surface area (Å²) in [7, 11) is 1.54. The highest BCUT2D eigenvalue weighted by Crippen LogP contribution is 2.24. The third kappa shape index (κ3) is 3.10. The summed E-state index contributed by atoms with van der Waals surface area (Å²) in [5.41, 5.74) is 3.73.